The van der Waals surface area contributed by atoms with E-state index in [0.717, 1.165) is 0 Å². The minimum Gasteiger partial charge on any atom is -0.507 e. The molecular weight excluding hydrogens is 324 g/mol. The average Bonchev–Trinajstić information content (AvgIpc) is 2.28. The van der Waals surface area contributed by atoms with Gasteiger partial charge in [0.05, 0.1) is 11.3 Å². The van der Waals surface area contributed by atoms with E-state index in [1.54, 1.807) is 6.07 Å². The lowest BCUT2D eigenvalue weighted by atomic mass is 10.2. The molecule has 0 unspecified atom stereocenters. The highest BCUT2D eigenvalue weighted by Crippen LogP contribution is 2.21. The predicted molar refractivity (Wildman–Crippen MR) is 71.0 cm³/mol. The molecule has 1 rings (SSSR count). The molecule has 1 aromatic carbocycles. The lowest BCUT2D eigenvalue weighted by Crippen LogP contribution is -2.32. The van der Waals surface area contributed by atoms with Gasteiger partial charge in [0.2, 0.25) is 10.0 Å². The summed E-state index contributed by atoms with van der Waals surface area (Å²) in [5.74, 6) is -0.906. The Bertz CT molecular complexity index is 545. The molecule has 0 aliphatic heterocycles. The zero-order chi connectivity index (χ0) is 13.8. The maximum Gasteiger partial charge on any atom is 0.255 e. The number of hydrogen-bond donors (Lipinski definition) is 3. The molecule has 6 nitrogen and oxygen atoms in total. The Morgan fingerprint density at radius 3 is 2.67 bits per heavy atom. The van der Waals surface area contributed by atoms with E-state index in [1.165, 1.54) is 19.2 Å². The van der Waals surface area contributed by atoms with Gasteiger partial charge in [-0.1, -0.05) is 15.9 Å². The molecule has 0 aromatic heterocycles. The van der Waals surface area contributed by atoms with Crippen LogP contribution in [-0.4, -0.2) is 38.8 Å². The summed E-state index contributed by atoms with van der Waals surface area (Å²) in [5, 5.41) is 12.0. The third-order valence-corrected chi connectivity index (χ3v) is 4.03. The molecule has 0 heterocycles. The highest BCUT2D eigenvalue weighted by atomic mass is 79.9. The van der Waals surface area contributed by atoms with Crippen molar-refractivity contribution in [2.45, 2.75) is 0 Å². The van der Waals surface area contributed by atoms with Gasteiger partial charge in [0.25, 0.3) is 5.91 Å². The number of hydrogen-bond acceptors (Lipinski definition) is 4. The van der Waals surface area contributed by atoms with Crippen molar-refractivity contribution in [1.29, 1.82) is 0 Å². The first-order valence-electron chi connectivity index (χ1n) is 5.03. The Kier molecular flexibility index (Phi) is 5.12. The molecular formula is C10H13BrN2O4S. The molecule has 0 aliphatic carbocycles. The van der Waals surface area contributed by atoms with Gasteiger partial charge in [0.15, 0.2) is 0 Å². The molecule has 3 N–H and O–H groups in total. The van der Waals surface area contributed by atoms with Crippen molar-refractivity contribution in [3.63, 3.8) is 0 Å². The van der Waals surface area contributed by atoms with E-state index < -0.39 is 15.9 Å². The fraction of sp³-hybridized carbons (Fsp3) is 0.300. The molecule has 18 heavy (non-hydrogen) atoms. The molecule has 0 spiro atoms. The second kappa shape index (κ2) is 6.17. The van der Waals surface area contributed by atoms with Crippen molar-refractivity contribution in [1.82, 2.24) is 10.0 Å². The van der Waals surface area contributed by atoms with Gasteiger partial charge >= 0.3 is 0 Å². The largest absolute Gasteiger partial charge is 0.507 e. The number of phenolic OH excluding ortho intramolecular Hbond substituents is 1. The van der Waals surface area contributed by atoms with Crippen LogP contribution in [-0.2, 0) is 10.0 Å². The molecule has 0 saturated heterocycles. The Morgan fingerprint density at radius 2 is 2.11 bits per heavy atom. The van der Waals surface area contributed by atoms with E-state index in [-0.39, 0.29) is 23.6 Å². The number of phenols is 1. The van der Waals surface area contributed by atoms with Crippen LogP contribution in [0, 0.1) is 0 Å². The lowest BCUT2D eigenvalue weighted by Gasteiger charge is -2.07. The maximum absolute atomic E-state index is 11.6. The molecule has 1 amide bonds. The van der Waals surface area contributed by atoms with Crippen molar-refractivity contribution < 1.29 is 18.3 Å². The van der Waals surface area contributed by atoms with Crippen LogP contribution in [0.2, 0.25) is 0 Å². The first-order chi connectivity index (χ1) is 8.35. The minimum atomic E-state index is -3.35. The maximum atomic E-state index is 11.6. The van der Waals surface area contributed by atoms with Crippen LogP contribution >= 0.6 is 15.9 Å². The third kappa shape index (κ3) is 4.28. The number of nitrogens with one attached hydrogen (secondary N) is 2. The van der Waals surface area contributed by atoms with Crippen LogP contribution in [0.15, 0.2) is 22.7 Å². The van der Waals surface area contributed by atoms with Crippen molar-refractivity contribution in [2.24, 2.45) is 0 Å². The summed E-state index contributed by atoms with van der Waals surface area (Å²) >= 11 is 3.15. The Labute approximate surface area is 114 Å². The number of aromatic hydroxyl groups is 1. The molecule has 0 atom stereocenters. The van der Waals surface area contributed by atoms with Gasteiger partial charge in [0, 0.05) is 11.0 Å². The van der Waals surface area contributed by atoms with Gasteiger partial charge in [-0.3, -0.25) is 4.79 Å². The molecule has 0 fully saturated rings. The second-order valence-electron chi connectivity index (χ2n) is 3.44. The normalized spacial score (nSPS) is 11.2. The van der Waals surface area contributed by atoms with Crippen LogP contribution in [0.5, 0.6) is 5.75 Å². The summed E-state index contributed by atoms with van der Waals surface area (Å²) in [4.78, 5) is 11.6. The van der Waals surface area contributed by atoms with Crippen molar-refractivity contribution in [2.75, 3.05) is 19.3 Å². The quantitative estimate of drug-likeness (QED) is 0.726. The number of carbonyl (C=O) groups is 1. The molecule has 0 radical (unpaired) electrons. The summed E-state index contributed by atoms with van der Waals surface area (Å²) in [6, 6.07) is 4.44. The van der Waals surface area contributed by atoms with Gasteiger partial charge in [-0.05, 0) is 25.2 Å². The second-order valence-corrected chi connectivity index (χ2v) is 6.40. The van der Waals surface area contributed by atoms with E-state index in [0.29, 0.717) is 4.47 Å². The number of benzene rings is 1. The predicted octanol–water partition coefficient (Wildman–Crippen LogP) is 0.434. The smallest absolute Gasteiger partial charge is 0.255 e. The van der Waals surface area contributed by atoms with Crippen molar-refractivity contribution >= 4 is 31.9 Å². The van der Waals surface area contributed by atoms with Crippen LogP contribution in [0.4, 0.5) is 0 Å². The number of amides is 1. The Hall–Kier alpha value is -1.12. The minimum absolute atomic E-state index is 0.0302. The summed E-state index contributed by atoms with van der Waals surface area (Å²) in [6.07, 6.45) is 0. The van der Waals surface area contributed by atoms with Crippen molar-refractivity contribution in [3.05, 3.63) is 28.2 Å². The van der Waals surface area contributed by atoms with E-state index >= 15 is 0 Å². The van der Waals surface area contributed by atoms with Crippen LogP contribution in [0.3, 0.4) is 0 Å². The van der Waals surface area contributed by atoms with E-state index in [2.05, 4.69) is 26.0 Å². The van der Waals surface area contributed by atoms with E-state index in [1.807, 2.05) is 0 Å². The summed E-state index contributed by atoms with van der Waals surface area (Å²) < 4.78 is 25.0. The lowest BCUT2D eigenvalue weighted by molar-refractivity contribution is 0.0953. The van der Waals surface area contributed by atoms with E-state index in [4.69, 9.17) is 0 Å². The highest BCUT2D eigenvalue weighted by Gasteiger charge is 2.12. The first kappa shape index (κ1) is 14.9. The van der Waals surface area contributed by atoms with Gasteiger partial charge in [-0.25, -0.2) is 13.1 Å². The van der Waals surface area contributed by atoms with Crippen LogP contribution in [0.25, 0.3) is 0 Å². The van der Waals surface area contributed by atoms with Crippen molar-refractivity contribution in [3.8, 4) is 5.75 Å². The molecule has 0 saturated carbocycles. The average molecular weight is 337 g/mol. The zero-order valence-electron chi connectivity index (χ0n) is 9.60. The molecule has 8 heteroatoms. The fourth-order valence-electron chi connectivity index (χ4n) is 1.19. The van der Waals surface area contributed by atoms with Gasteiger partial charge < -0.3 is 10.4 Å². The number of sulfonamides is 1. The molecule has 100 valence electrons. The number of rotatable bonds is 5. The Balaban J connectivity index is 2.61. The third-order valence-electron chi connectivity index (χ3n) is 2.17. The van der Waals surface area contributed by atoms with Gasteiger partial charge in [-0.2, -0.15) is 0 Å². The molecule has 0 aliphatic rings. The first-order valence-corrected chi connectivity index (χ1v) is 7.48. The molecule has 1 aromatic rings. The molecule has 0 bridgehead atoms. The topological polar surface area (TPSA) is 95.5 Å². The standard InChI is InChI=1S/C10H13BrN2O4S/c1-12-18(16,17)5-4-13-10(15)8-3-2-7(11)6-9(8)14/h2-3,6,12,14H,4-5H2,1H3,(H,13,15). The highest BCUT2D eigenvalue weighted by molar-refractivity contribution is 9.10. The number of halogens is 1. The van der Waals surface area contributed by atoms with Gasteiger partial charge in [0.1, 0.15) is 5.75 Å². The summed E-state index contributed by atoms with van der Waals surface area (Å²) in [7, 11) is -2.05. The SMILES string of the molecule is CNS(=O)(=O)CCNC(=O)c1ccc(Br)cc1O. The van der Waals surface area contributed by atoms with E-state index in [9.17, 15) is 18.3 Å². The summed E-state index contributed by atoms with van der Waals surface area (Å²) in [5.41, 5.74) is 0.0973. The Morgan fingerprint density at radius 1 is 1.44 bits per heavy atom. The summed E-state index contributed by atoms with van der Waals surface area (Å²) in [6.45, 7) is -0.0302. The van der Waals surface area contributed by atoms with Crippen LogP contribution < -0.4 is 10.0 Å². The monoisotopic (exact) mass is 336 g/mol. The fourth-order valence-corrected chi connectivity index (χ4v) is 2.12. The van der Waals surface area contributed by atoms with Gasteiger partial charge in [-0.15, -0.1) is 0 Å². The zero-order valence-corrected chi connectivity index (χ0v) is 12.0. The number of carbonyl (C=O) groups excluding carboxylic acids is 1. The van der Waals surface area contributed by atoms with Crippen LogP contribution in [0.1, 0.15) is 10.4 Å².